The average molecular weight is 301 g/mol. The molecule has 0 saturated heterocycles. The predicted octanol–water partition coefficient (Wildman–Crippen LogP) is 3.24. The van der Waals surface area contributed by atoms with Crippen LogP contribution in [-0.4, -0.2) is 9.55 Å². The zero-order valence-corrected chi connectivity index (χ0v) is 11.1. The average Bonchev–Trinajstić information content (AvgIpc) is 2.55. The third kappa shape index (κ3) is 2.23. The summed E-state index contributed by atoms with van der Waals surface area (Å²) in [5, 5.41) is 0.707. The van der Waals surface area contributed by atoms with Gasteiger partial charge in [-0.3, -0.25) is 0 Å². The summed E-state index contributed by atoms with van der Waals surface area (Å²) in [6.45, 7) is 2.68. The molecule has 5 heteroatoms. The van der Waals surface area contributed by atoms with Gasteiger partial charge in [0.15, 0.2) is 0 Å². The fourth-order valence-electron chi connectivity index (χ4n) is 1.51. The highest BCUT2D eigenvalue weighted by Gasteiger charge is 2.05. The van der Waals surface area contributed by atoms with Crippen molar-refractivity contribution in [2.24, 2.45) is 0 Å². The van der Waals surface area contributed by atoms with Crippen LogP contribution in [0.25, 0.3) is 0 Å². The summed E-state index contributed by atoms with van der Waals surface area (Å²) in [7, 11) is 0. The van der Waals surface area contributed by atoms with Crippen molar-refractivity contribution >= 4 is 33.5 Å². The maximum atomic E-state index is 5.93. The van der Waals surface area contributed by atoms with Crippen LogP contribution in [0, 0.1) is 6.92 Å². The number of benzene rings is 1. The fourth-order valence-corrected chi connectivity index (χ4v) is 2.05. The van der Waals surface area contributed by atoms with Crippen LogP contribution in [0.1, 0.15) is 11.3 Å². The lowest BCUT2D eigenvalue weighted by Crippen LogP contribution is -2.06. The highest BCUT2D eigenvalue weighted by molar-refractivity contribution is 9.10. The zero-order valence-electron chi connectivity index (χ0n) is 8.74. The summed E-state index contributed by atoms with van der Waals surface area (Å²) in [6.07, 6.45) is 1.76. The normalized spacial score (nSPS) is 10.7. The molecule has 0 unspecified atom stereocenters. The monoisotopic (exact) mass is 299 g/mol. The molecule has 0 fully saturated rings. The maximum absolute atomic E-state index is 5.93. The van der Waals surface area contributed by atoms with Gasteiger partial charge in [0.25, 0.3) is 0 Å². The smallest absolute Gasteiger partial charge is 0.200 e. The van der Waals surface area contributed by atoms with Gasteiger partial charge in [-0.25, -0.2) is 4.98 Å². The number of hydrogen-bond acceptors (Lipinski definition) is 2. The molecular formula is C11H11BrClN3. The Labute approximate surface area is 107 Å². The molecule has 0 bridgehead atoms. The van der Waals surface area contributed by atoms with Crippen LogP contribution in [0.5, 0.6) is 0 Å². The van der Waals surface area contributed by atoms with Gasteiger partial charge < -0.3 is 10.3 Å². The summed E-state index contributed by atoms with van der Waals surface area (Å²) in [5.41, 5.74) is 7.94. The quantitative estimate of drug-likeness (QED) is 0.925. The van der Waals surface area contributed by atoms with Crippen molar-refractivity contribution in [3.8, 4) is 0 Å². The first-order valence-corrected chi connectivity index (χ1v) is 5.96. The number of nitrogens with zero attached hydrogens (tertiary/aromatic N) is 2. The van der Waals surface area contributed by atoms with Crippen molar-refractivity contribution in [1.29, 1.82) is 0 Å². The molecule has 0 atom stereocenters. The number of anilines is 1. The Balaban J connectivity index is 2.31. The van der Waals surface area contributed by atoms with Gasteiger partial charge in [0.1, 0.15) is 0 Å². The summed E-state index contributed by atoms with van der Waals surface area (Å²) in [6, 6.07) is 5.83. The number of rotatable bonds is 2. The Morgan fingerprint density at radius 2 is 2.25 bits per heavy atom. The zero-order chi connectivity index (χ0) is 11.7. The Kier molecular flexibility index (Phi) is 3.21. The number of halogens is 2. The van der Waals surface area contributed by atoms with Crippen LogP contribution < -0.4 is 5.73 Å². The van der Waals surface area contributed by atoms with Crippen molar-refractivity contribution < 1.29 is 0 Å². The molecule has 1 aromatic carbocycles. The number of hydrogen-bond donors (Lipinski definition) is 1. The summed E-state index contributed by atoms with van der Waals surface area (Å²) in [4.78, 5) is 4.06. The number of nitrogens with two attached hydrogens (primary N) is 1. The Bertz CT molecular complexity index is 502. The van der Waals surface area contributed by atoms with E-state index in [1.165, 1.54) is 0 Å². The van der Waals surface area contributed by atoms with Gasteiger partial charge in [0, 0.05) is 10.2 Å². The lowest BCUT2D eigenvalue weighted by Gasteiger charge is -2.08. The topological polar surface area (TPSA) is 43.8 Å². The van der Waals surface area contributed by atoms with Crippen LogP contribution in [0.2, 0.25) is 5.02 Å². The van der Waals surface area contributed by atoms with Crippen LogP contribution in [0.15, 0.2) is 28.9 Å². The van der Waals surface area contributed by atoms with Gasteiger partial charge in [-0.15, -0.1) is 0 Å². The third-order valence-electron chi connectivity index (χ3n) is 2.41. The second kappa shape index (κ2) is 4.47. The van der Waals surface area contributed by atoms with E-state index in [-0.39, 0.29) is 0 Å². The molecule has 1 heterocycles. The van der Waals surface area contributed by atoms with E-state index in [4.69, 9.17) is 17.3 Å². The second-order valence-electron chi connectivity index (χ2n) is 3.59. The molecule has 2 N–H and O–H groups in total. The largest absolute Gasteiger partial charge is 0.369 e. The molecule has 2 aromatic rings. The standard InChI is InChI=1S/C11H11BrClN3/c1-7-5-15-11(14)16(7)6-8-2-3-10(13)9(12)4-8/h2-5H,6H2,1H3,(H2,14,15). The van der Waals surface area contributed by atoms with E-state index in [1.807, 2.05) is 29.7 Å². The van der Waals surface area contributed by atoms with E-state index >= 15 is 0 Å². The van der Waals surface area contributed by atoms with Gasteiger partial charge >= 0.3 is 0 Å². The first-order chi connectivity index (χ1) is 7.58. The molecule has 2 rings (SSSR count). The van der Waals surface area contributed by atoms with E-state index in [9.17, 15) is 0 Å². The molecule has 0 saturated carbocycles. The van der Waals surface area contributed by atoms with Gasteiger partial charge in [0.05, 0.1) is 17.8 Å². The molecule has 0 radical (unpaired) electrons. The van der Waals surface area contributed by atoms with Gasteiger partial charge in [0.2, 0.25) is 5.95 Å². The number of nitrogen functional groups attached to an aromatic ring is 1. The highest BCUT2D eigenvalue weighted by atomic mass is 79.9. The first kappa shape index (κ1) is 11.5. The molecule has 0 spiro atoms. The van der Waals surface area contributed by atoms with Gasteiger partial charge in [-0.2, -0.15) is 0 Å². The van der Waals surface area contributed by atoms with E-state index in [0.717, 1.165) is 15.7 Å². The second-order valence-corrected chi connectivity index (χ2v) is 4.85. The molecule has 84 valence electrons. The summed E-state index contributed by atoms with van der Waals surface area (Å²) >= 11 is 9.33. The highest BCUT2D eigenvalue weighted by Crippen LogP contribution is 2.24. The van der Waals surface area contributed by atoms with E-state index < -0.39 is 0 Å². The Morgan fingerprint density at radius 1 is 1.50 bits per heavy atom. The van der Waals surface area contributed by atoms with Crippen molar-refractivity contribution in [3.05, 3.63) is 45.1 Å². The Hall–Kier alpha value is -1.000. The minimum atomic E-state index is 0.531. The van der Waals surface area contributed by atoms with E-state index in [2.05, 4.69) is 20.9 Å². The van der Waals surface area contributed by atoms with Crippen LogP contribution in [0.3, 0.4) is 0 Å². The Morgan fingerprint density at radius 3 is 2.81 bits per heavy atom. The van der Waals surface area contributed by atoms with Crippen LogP contribution in [-0.2, 0) is 6.54 Å². The molecule has 3 nitrogen and oxygen atoms in total. The molecule has 0 aliphatic heterocycles. The third-order valence-corrected chi connectivity index (χ3v) is 3.62. The van der Waals surface area contributed by atoms with Gasteiger partial charge in [-0.05, 0) is 40.5 Å². The lowest BCUT2D eigenvalue weighted by atomic mass is 10.2. The van der Waals surface area contributed by atoms with E-state index in [0.29, 0.717) is 17.5 Å². The van der Waals surface area contributed by atoms with E-state index in [1.54, 1.807) is 6.20 Å². The molecule has 1 aromatic heterocycles. The SMILES string of the molecule is Cc1cnc(N)n1Cc1ccc(Cl)c(Br)c1. The maximum Gasteiger partial charge on any atom is 0.200 e. The van der Waals surface area contributed by atoms with Crippen molar-refractivity contribution in [2.45, 2.75) is 13.5 Å². The van der Waals surface area contributed by atoms with Gasteiger partial charge in [-0.1, -0.05) is 17.7 Å². The summed E-state index contributed by atoms with van der Waals surface area (Å²) in [5.74, 6) is 0.531. The first-order valence-electron chi connectivity index (χ1n) is 4.79. The molecule has 0 aliphatic carbocycles. The van der Waals surface area contributed by atoms with Crippen molar-refractivity contribution in [3.63, 3.8) is 0 Å². The predicted molar refractivity (Wildman–Crippen MR) is 69.6 cm³/mol. The lowest BCUT2D eigenvalue weighted by molar-refractivity contribution is 0.782. The summed E-state index contributed by atoms with van der Waals surface area (Å²) < 4.78 is 2.85. The minimum Gasteiger partial charge on any atom is -0.369 e. The van der Waals surface area contributed by atoms with Crippen molar-refractivity contribution in [1.82, 2.24) is 9.55 Å². The van der Waals surface area contributed by atoms with Crippen LogP contribution >= 0.6 is 27.5 Å². The number of aryl methyl sites for hydroxylation is 1. The minimum absolute atomic E-state index is 0.531. The molecule has 0 amide bonds. The number of aromatic nitrogens is 2. The molecule has 16 heavy (non-hydrogen) atoms. The van der Waals surface area contributed by atoms with Crippen LogP contribution in [0.4, 0.5) is 5.95 Å². The number of imidazole rings is 1. The fraction of sp³-hybridized carbons (Fsp3) is 0.182. The molecular weight excluding hydrogens is 289 g/mol. The van der Waals surface area contributed by atoms with Crippen molar-refractivity contribution in [2.75, 3.05) is 5.73 Å². The molecule has 0 aliphatic rings.